The average molecular weight is 274 g/mol. The predicted molar refractivity (Wildman–Crippen MR) is 88.4 cm³/mol. The highest BCUT2D eigenvalue weighted by atomic mass is 16.3. The minimum atomic E-state index is -0.0305. The van der Waals surface area contributed by atoms with Crippen molar-refractivity contribution in [3.63, 3.8) is 0 Å². The number of hydrogen-bond donors (Lipinski definition) is 1. The summed E-state index contributed by atoms with van der Waals surface area (Å²) in [6.07, 6.45) is 3.90. The van der Waals surface area contributed by atoms with E-state index in [0.29, 0.717) is 17.6 Å². The van der Waals surface area contributed by atoms with Gasteiger partial charge in [-0.25, -0.2) is 0 Å². The van der Waals surface area contributed by atoms with Crippen molar-refractivity contribution in [1.82, 2.24) is 0 Å². The molecule has 0 radical (unpaired) electrons. The number of phenols is 1. The number of aromatic hydroxyl groups is 1. The highest BCUT2D eigenvalue weighted by Crippen LogP contribution is 2.36. The minimum Gasteiger partial charge on any atom is -0.507 e. The molecule has 0 bridgehead atoms. The van der Waals surface area contributed by atoms with Crippen LogP contribution < -0.4 is 0 Å². The van der Waals surface area contributed by atoms with E-state index in [2.05, 4.69) is 60.3 Å². The van der Waals surface area contributed by atoms with Crippen LogP contribution in [0.5, 0.6) is 5.75 Å². The Bertz CT molecular complexity index is 465. The number of rotatable bonds is 5. The molecule has 1 rings (SSSR count). The van der Waals surface area contributed by atoms with Gasteiger partial charge in [0.1, 0.15) is 5.75 Å². The fraction of sp³-hybridized carbons (Fsp3) is 0.579. The van der Waals surface area contributed by atoms with Crippen molar-refractivity contribution in [2.24, 2.45) is 11.8 Å². The summed E-state index contributed by atoms with van der Waals surface area (Å²) < 4.78 is 0. The first-order chi connectivity index (χ1) is 9.20. The fourth-order valence-corrected chi connectivity index (χ4v) is 2.46. The van der Waals surface area contributed by atoms with Crippen molar-refractivity contribution in [1.29, 1.82) is 0 Å². The van der Waals surface area contributed by atoms with Gasteiger partial charge in [0.15, 0.2) is 0 Å². The van der Waals surface area contributed by atoms with Gasteiger partial charge in [-0.2, -0.15) is 0 Å². The molecule has 1 heteroatoms. The molecule has 0 spiro atoms. The van der Waals surface area contributed by atoms with Gasteiger partial charge in [0.25, 0.3) is 0 Å². The number of hydrogen-bond acceptors (Lipinski definition) is 1. The van der Waals surface area contributed by atoms with Crippen molar-refractivity contribution in [2.45, 2.75) is 59.8 Å². The van der Waals surface area contributed by atoms with Gasteiger partial charge in [-0.15, -0.1) is 6.58 Å². The molecule has 1 N–H and O–H groups in total. The van der Waals surface area contributed by atoms with Crippen LogP contribution in [0.1, 0.15) is 58.2 Å². The third kappa shape index (κ3) is 3.88. The van der Waals surface area contributed by atoms with Crippen LogP contribution in [-0.4, -0.2) is 5.11 Å². The fourth-order valence-electron chi connectivity index (χ4n) is 2.46. The molecular weight excluding hydrogens is 244 g/mol. The number of benzene rings is 1. The van der Waals surface area contributed by atoms with Crippen LogP contribution in [0.3, 0.4) is 0 Å². The van der Waals surface area contributed by atoms with Gasteiger partial charge < -0.3 is 5.11 Å². The standard InChI is InChI=1S/C19H30O/c1-8-13(3)14(4)10-16-11-15(9-2)12-17(18(16)20)19(5,6)7/h8,11-14,20H,1,9-10H2,2-7H3. The molecule has 2 unspecified atom stereocenters. The quantitative estimate of drug-likeness (QED) is 0.727. The predicted octanol–water partition coefficient (Wildman–Crippen LogP) is 5.25. The van der Waals surface area contributed by atoms with E-state index in [1.165, 1.54) is 5.56 Å². The van der Waals surface area contributed by atoms with E-state index in [1.54, 1.807) is 0 Å². The molecule has 1 aromatic rings. The molecule has 0 saturated carbocycles. The van der Waals surface area contributed by atoms with Crippen LogP contribution in [0.15, 0.2) is 24.8 Å². The van der Waals surface area contributed by atoms with Gasteiger partial charge in [-0.1, -0.05) is 59.8 Å². The van der Waals surface area contributed by atoms with Gasteiger partial charge >= 0.3 is 0 Å². The minimum absolute atomic E-state index is 0.0305. The highest BCUT2D eigenvalue weighted by Gasteiger charge is 2.22. The Morgan fingerprint density at radius 2 is 1.85 bits per heavy atom. The Kier molecular flexibility index (Phi) is 5.44. The van der Waals surface area contributed by atoms with E-state index < -0.39 is 0 Å². The lowest BCUT2D eigenvalue weighted by Gasteiger charge is -2.25. The molecule has 0 saturated heterocycles. The zero-order valence-electron chi connectivity index (χ0n) is 14.0. The largest absolute Gasteiger partial charge is 0.507 e. The van der Waals surface area contributed by atoms with E-state index in [1.807, 2.05) is 6.08 Å². The van der Waals surface area contributed by atoms with E-state index in [0.717, 1.165) is 24.0 Å². The summed E-state index contributed by atoms with van der Waals surface area (Å²) in [4.78, 5) is 0. The Hall–Kier alpha value is -1.24. The third-order valence-corrected chi connectivity index (χ3v) is 4.28. The van der Waals surface area contributed by atoms with Gasteiger partial charge in [0.05, 0.1) is 0 Å². The third-order valence-electron chi connectivity index (χ3n) is 4.28. The summed E-state index contributed by atoms with van der Waals surface area (Å²) in [5.74, 6) is 1.42. The summed E-state index contributed by atoms with van der Waals surface area (Å²) in [5, 5.41) is 10.6. The second-order valence-corrected chi connectivity index (χ2v) is 7.03. The number of aryl methyl sites for hydroxylation is 1. The SMILES string of the molecule is C=CC(C)C(C)Cc1cc(CC)cc(C(C)(C)C)c1O. The van der Waals surface area contributed by atoms with Crippen LogP contribution in [-0.2, 0) is 18.3 Å². The lowest BCUT2D eigenvalue weighted by atomic mass is 9.81. The molecule has 0 amide bonds. The Morgan fingerprint density at radius 3 is 2.30 bits per heavy atom. The second kappa shape index (κ2) is 6.47. The first-order valence-electron chi connectivity index (χ1n) is 7.68. The molecule has 0 fully saturated rings. The van der Waals surface area contributed by atoms with Crippen molar-refractivity contribution in [2.75, 3.05) is 0 Å². The van der Waals surface area contributed by atoms with Gasteiger partial charge in [-0.3, -0.25) is 0 Å². The molecule has 0 aliphatic heterocycles. The van der Waals surface area contributed by atoms with Gasteiger partial charge in [0, 0.05) is 0 Å². The number of phenolic OH excluding ortho intramolecular Hbond substituents is 1. The molecule has 0 aromatic heterocycles. The molecule has 2 atom stereocenters. The molecular formula is C19H30O. The number of allylic oxidation sites excluding steroid dienone is 1. The van der Waals surface area contributed by atoms with Crippen molar-refractivity contribution < 1.29 is 5.11 Å². The lowest BCUT2D eigenvalue weighted by Crippen LogP contribution is -2.14. The first kappa shape index (κ1) is 16.8. The Balaban J connectivity index is 3.22. The smallest absolute Gasteiger partial charge is 0.122 e. The van der Waals surface area contributed by atoms with E-state index in [9.17, 15) is 5.11 Å². The molecule has 1 nitrogen and oxygen atoms in total. The Morgan fingerprint density at radius 1 is 1.25 bits per heavy atom. The highest BCUT2D eigenvalue weighted by molar-refractivity contribution is 5.47. The maximum Gasteiger partial charge on any atom is 0.122 e. The summed E-state index contributed by atoms with van der Waals surface area (Å²) in [7, 11) is 0. The van der Waals surface area contributed by atoms with E-state index in [-0.39, 0.29) is 5.41 Å². The molecule has 112 valence electrons. The molecule has 0 heterocycles. The maximum atomic E-state index is 10.6. The molecule has 1 aromatic carbocycles. The maximum absolute atomic E-state index is 10.6. The summed E-state index contributed by atoms with van der Waals surface area (Å²) in [6, 6.07) is 4.32. The lowest BCUT2D eigenvalue weighted by molar-refractivity contribution is 0.417. The van der Waals surface area contributed by atoms with Crippen molar-refractivity contribution in [3.05, 3.63) is 41.5 Å². The summed E-state index contributed by atoms with van der Waals surface area (Å²) in [6.45, 7) is 16.9. The van der Waals surface area contributed by atoms with E-state index in [4.69, 9.17) is 0 Å². The van der Waals surface area contributed by atoms with E-state index >= 15 is 0 Å². The monoisotopic (exact) mass is 274 g/mol. The molecule has 20 heavy (non-hydrogen) atoms. The van der Waals surface area contributed by atoms with Crippen molar-refractivity contribution in [3.8, 4) is 5.75 Å². The van der Waals surface area contributed by atoms with Crippen molar-refractivity contribution >= 4 is 0 Å². The average Bonchev–Trinajstić information content (AvgIpc) is 2.38. The summed E-state index contributed by atoms with van der Waals surface area (Å²) in [5.41, 5.74) is 3.42. The van der Waals surface area contributed by atoms with Crippen LogP contribution >= 0.6 is 0 Å². The van der Waals surface area contributed by atoms with Gasteiger partial charge in [-0.05, 0) is 46.8 Å². The second-order valence-electron chi connectivity index (χ2n) is 7.03. The zero-order chi connectivity index (χ0) is 15.5. The van der Waals surface area contributed by atoms with Crippen LogP contribution in [0, 0.1) is 11.8 Å². The Labute approximate surface area is 124 Å². The topological polar surface area (TPSA) is 20.2 Å². The molecule has 0 aliphatic rings. The van der Waals surface area contributed by atoms with Crippen LogP contribution in [0.2, 0.25) is 0 Å². The zero-order valence-corrected chi connectivity index (χ0v) is 14.0. The van der Waals surface area contributed by atoms with Gasteiger partial charge in [0.2, 0.25) is 0 Å². The summed E-state index contributed by atoms with van der Waals surface area (Å²) >= 11 is 0. The van der Waals surface area contributed by atoms with Crippen LogP contribution in [0.25, 0.3) is 0 Å². The normalized spacial score (nSPS) is 14.9. The van der Waals surface area contributed by atoms with Crippen LogP contribution in [0.4, 0.5) is 0 Å². The first-order valence-corrected chi connectivity index (χ1v) is 7.68. The molecule has 0 aliphatic carbocycles.